The number of hydrogen-bond donors (Lipinski definition) is 0. The number of hydrogen-bond acceptors (Lipinski definition) is 2. The Morgan fingerprint density at radius 2 is 2.06 bits per heavy atom. The van der Waals surface area contributed by atoms with E-state index >= 15 is 0 Å². The Morgan fingerprint density at radius 1 is 1.28 bits per heavy atom. The van der Waals surface area contributed by atoms with Gasteiger partial charge < -0.3 is 0 Å². The molecule has 0 saturated carbocycles. The summed E-state index contributed by atoms with van der Waals surface area (Å²) in [6, 6.07) is 11.7. The molecule has 0 aromatic heterocycles. The van der Waals surface area contributed by atoms with E-state index in [2.05, 4.69) is 42.2 Å². The van der Waals surface area contributed by atoms with Crippen molar-refractivity contribution in [1.82, 2.24) is 4.90 Å². The zero-order valence-electron chi connectivity index (χ0n) is 11.2. The molecule has 96 valence electrons. The Morgan fingerprint density at radius 3 is 2.78 bits per heavy atom. The number of rotatable bonds is 5. The highest BCUT2D eigenvalue weighted by molar-refractivity contribution is 5.30. The van der Waals surface area contributed by atoms with Crippen LogP contribution in [-0.2, 0) is 12.8 Å². The van der Waals surface area contributed by atoms with Crippen molar-refractivity contribution in [2.24, 2.45) is 0 Å². The van der Waals surface area contributed by atoms with Crippen molar-refractivity contribution in [3.63, 3.8) is 0 Å². The molecule has 0 N–H and O–H groups in total. The van der Waals surface area contributed by atoms with Gasteiger partial charge in [-0.1, -0.05) is 31.2 Å². The Labute approximate surface area is 110 Å². The maximum atomic E-state index is 8.76. The molecule has 1 aliphatic carbocycles. The van der Waals surface area contributed by atoms with E-state index < -0.39 is 0 Å². The Hall–Kier alpha value is -1.33. The Kier molecular flexibility index (Phi) is 4.78. The average molecular weight is 242 g/mol. The van der Waals surface area contributed by atoms with Gasteiger partial charge in [-0.05, 0) is 43.4 Å². The average Bonchev–Trinajstić information content (AvgIpc) is 2.43. The minimum Gasteiger partial charge on any atom is -0.299 e. The van der Waals surface area contributed by atoms with Crippen LogP contribution < -0.4 is 0 Å². The fourth-order valence-corrected chi connectivity index (χ4v) is 2.95. The summed E-state index contributed by atoms with van der Waals surface area (Å²) in [6.45, 7) is 4.27. The zero-order valence-corrected chi connectivity index (χ0v) is 11.2. The van der Waals surface area contributed by atoms with Crippen LogP contribution in [0, 0.1) is 11.3 Å². The molecule has 0 spiro atoms. The molecule has 1 aliphatic rings. The Balaban J connectivity index is 2.03. The highest BCUT2D eigenvalue weighted by atomic mass is 15.1. The zero-order chi connectivity index (χ0) is 12.8. The van der Waals surface area contributed by atoms with E-state index in [1.807, 2.05) is 0 Å². The van der Waals surface area contributed by atoms with Crippen molar-refractivity contribution >= 4 is 0 Å². The van der Waals surface area contributed by atoms with E-state index in [-0.39, 0.29) is 0 Å². The monoisotopic (exact) mass is 242 g/mol. The number of nitriles is 1. The molecule has 0 amide bonds. The van der Waals surface area contributed by atoms with Crippen LogP contribution in [0.2, 0.25) is 0 Å². The van der Waals surface area contributed by atoms with Crippen LogP contribution >= 0.6 is 0 Å². The molecule has 0 saturated heterocycles. The van der Waals surface area contributed by atoms with E-state index in [4.69, 9.17) is 5.26 Å². The summed E-state index contributed by atoms with van der Waals surface area (Å²) < 4.78 is 0. The smallest absolute Gasteiger partial charge is 0.0635 e. The molecule has 0 radical (unpaired) electrons. The van der Waals surface area contributed by atoms with Gasteiger partial charge in [0.15, 0.2) is 0 Å². The molecule has 1 aromatic rings. The third kappa shape index (κ3) is 3.11. The van der Waals surface area contributed by atoms with Gasteiger partial charge >= 0.3 is 0 Å². The number of aryl methyl sites for hydroxylation is 1. The summed E-state index contributed by atoms with van der Waals surface area (Å²) in [4.78, 5) is 2.51. The van der Waals surface area contributed by atoms with Crippen molar-refractivity contribution in [3.05, 3.63) is 35.4 Å². The summed E-state index contributed by atoms with van der Waals surface area (Å²) in [7, 11) is 0. The molecule has 0 heterocycles. The second kappa shape index (κ2) is 6.56. The standard InChI is InChI=1S/C16H22N2/c1-2-11-18(12-5-10-17)16-9-8-14-6-3-4-7-15(14)13-16/h3-4,6-7,16H,2,5,8-9,11-13H2,1H3/t16-/m1/s1. The van der Waals surface area contributed by atoms with Gasteiger partial charge in [0.1, 0.15) is 0 Å². The molecule has 0 aliphatic heterocycles. The molecule has 1 aromatic carbocycles. The topological polar surface area (TPSA) is 27.0 Å². The highest BCUT2D eigenvalue weighted by Crippen LogP contribution is 2.24. The largest absolute Gasteiger partial charge is 0.299 e. The molecule has 18 heavy (non-hydrogen) atoms. The molecule has 1 atom stereocenters. The number of fused-ring (bicyclic) bond motifs is 1. The van der Waals surface area contributed by atoms with Gasteiger partial charge in [0.25, 0.3) is 0 Å². The summed E-state index contributed by atoms with van der Waals surface area (Å²) in [6.07, 6.45) is 5.40. The fourth-order valence-electron chi connectivity index (χ4n) is 2.95. The quantitative estimate of drug-likeness (QED) is 0.793. The minimum atomic E-state index is 0.633. The maximum absolute atomic E-state index is 8.76. The SMILES string of the molecule is CCCN(CCC#N)[C@@H]1CCc2ccccc2C1. The minimum absolute atomic E-state index is 0.633. The summed E-state index contributed by atoms with van der Waals surface area (Å²) in [5, 5.41) is 8.76. The van der Waals surface area contributed by atoms with Crippen molar-refractivity contribution < 1.29 is 0 Å². The second-order valence-electron chi connectivity index (χ2n) is 5.11. The lowest BCUT2D eigenvalue weighted by atomic mass is 9.87. The predicted octanol–water partition coefficient (Wildman–Crippen LogP) is 3.17. The summed E-state index contributed by atoms with van der Waals surface area (Å²) in [5.41, 5.74) is 3.03. The first-order chi connectivity index (χ1) is 8.85. The van der Waals surface area contributed by atoms with Gasteiger partial charge in [0.05, 0.1) is 6.07 Å². The second-order valence-corrected chi connectivity index (χ2v) is 5.11. The number of nitrogens with zero attached hydrogens (tertiary/aromatic N) is 2. The Bertz CT molecular complexity index is 419. The van der Waals surface area contributed by atoms with Gasteiger partial charge in [-0.25, -0.2) is 0 Å². The van der Waals surface area contributed by atoms with Crippen LogP contribution in [-0.4, -0.2) is 24.0 Å². The van der Waals surface area contributed by atoms with E-state index in [1.165, 1.54) is 30.4 Å². The van der Waals surface area contributed by atoms with E-state index in [0.717, 1.165) is 19.5 Å². The van der Waals surface area contributed by atoms with Crippen molar-refractivity contribution in [2.75, 3.05) is 13.1 Å². The van der Waals surface area contributed by atoms with Gasteiger partial charge in [-0.15, -0.1) is 0 Å². The molecule has 0 fully saturated rings. The first-order valence-corrected chi connectivity index (χ1v) is 7.03. The van der Waals surface area contributed by atoms with Crippen molar-refractivity contribution in [3.8, 4) is 6.07 Å². The first-order valence-electron chi connectivity index (χ1n) is 7.03. The molecule has 0 bridgehead atoms. The lowest BCUT2D eigenvalue weighted by Gasteiger charge is -2.34. The van der Waals surface area contributed by atoms with Crippen LogP contribution in [0.1, 0.15) is 37.3 Å². The van der Waals surface area contributed by atoms with Gasteiger partial charge in [-0.2, -0.15) is 5.26 Å². The summed E-state index contributed by atoms with van der Waals surface area (Å²) in [5.74, 6) is 0. The van der Waals surface area contributed by atoms with Crippen LogP contribution in [0.4, 0.5) is 0 Å². The van der Waals surface area contributed by atoms with E-state index in [9.17, 15) is 0 Å². The summed E-state index contributed by atoms with van der Waals surface area (Å²) >= 11 is 0. The van der Waals surface area contributed by atoms with Gasteiger partial charge in [0.2, 0.25) is 0 Å². The molecule has 0 unspecified atom stereocenters. The van der Waals surface area contributed by atoms with E-state index in [0.29, 0.717) is 12.5 Å². The van der Waals surface area contributed by atoms with Crippen molar-refractivity contribution in [2.45, 2.75) is 45.1 Å². The first kappa shape index (κ1) is 13.1. The lowest BCUT2D eigenvalue weighted by Crippen LogP contribution is -2.40. The van der Waals surface area contributed by atoms with Crippen molar-refractivity contribution in [1.29, 1.82) is 5.26 Å². The normalized spacial score (nSPS) is 18.4. The molecular formula is C16H22N2. The predicted molar refractivity (Wildman–Crippen MR) is 74.3 cm³/mol. The third-order valence-corrected chi connectivity index (χ3v) is 3.86. The molecule has 2 rings (SSSR count). The third-order valence-electron chi connectivity index (χ3n) is 3.86. The lowest BCUT2D eigenvalue weighted by molar-refractivity contribution is 0.183. The van der Waals surface area contributed by atoms with Crippen LogP contribution in [0.25, 0.3) is 0 Å². The highest BCUT2D eigenvalue weighted by Gasteiger charge is 2.23. The van der Waals surface area contributed by atoms with Crippen LogP contribution in [0.15, 0.2) is 24.3 Å². The molecule has 2 nitrogen and oxygen atoms in total. The van der Waals surface area contributed by atoms with E-state index in [1.54, 1.807) is 0 Å². The maximum Gasteiger partial charge on any atom is 0.0635 e. The van der Waals surface area contributed by atoms with Crippen LogP contribution in [0.3, 0.4) is 0 Å². The number of benzene rings is 1. The van der Waals surface area contributed by atoms with Crippen LogP contribution in [0.5, 0.6) is 0 Å². The van der Waals surface area contributed by atoms with Gasteiger partial charge in [0, 0.05) is 19.0 Å². The fraction of sp³-hybridized carbons (Fsp3) is 0.562. The molecular weight excluding hydrogens is 220 g/mol. The van der Waals surface area contributed by atoms with Gasteiger partial charge in [-0.3, -0.25) is 4.90 Å². The molecule has 2 heteroatoms.